The number of halogens is 2. The van der Waals surface area contributed by atoms with Crippen LogP contribution in [0.25, 0.3) is 0 Å². The van der Waals surface area contributed by atoms with Crippen LogP contribution in [0.4, 0.5) is 21.5 Å². The predicted molar refractivity (Wildman–Crippen MR) is 179 cm³/mol. The summed E-state index contributed by atoms with van der Waals surface area (Å²) < 4.78 is 24.1. The van der Waals surface area contributed by atoms with Gasteiger partial charge in [-0.05, 0) is 98.8 Å². The van der Waals surface area contributed by atoms with Crippen molar-refractivity contribution in [2.24, 2.45) is 0 Å². The summed E-state index contributed by atoms with van der Waals surface area (Å²) in [7, 11) is 1.52. The number of benzene rings is 3. The molecule has 3 aromatic carbocycles. The summed E-state index contributed by atoms with van der Waals surface area (Å²) in [6, 6.07) is 18.0. The topological polar surface area (TPSA) is 77.6 Å². The largest absolute Gasteiger partial charge is 0.495 e. The van der Waals surface area contributed by atoms with Crippen molar-refractivity contribution in [3.05, 3.63) is 77.6 Å². The van der Waals surface area contributed by atoms with Crippen LogP contribution in [0.2, 0.25) is 5.02 Å². The van der Waals surface area contributed by atoms with Gasteiger partial charge in [0.2, 0.25) is 5.91 Å². The zero-order valence-corrected chi connectivity index (χ0v) is 27.0. The number of carbonyl (C=O) groups excluding carboxylic acids is 2. The van der Waals surface area contributed by atoms with E-state index in [0.717, 1.165) is 44.8 Å². The van der Waals surface area contributed by atoms with Crippen molar-refractivity contribution in [3.63, 3.8) is 0 Å². The van der Waals surface area contributed by atoms with Crippen molar-refractivity contribution in [2.45, 2.75) is 25.8 Å². The first-order chi connectivity index (χ1) is 21.8. The first-order valence-electron chi connectivity index (χ1n) is 15.0. The normalized spacial score (nSPS) is 17.2. The first kappa shape index (κ1) is 32.5. The fourth-order valence-electron chi connectivity index (χ4n) is 5.65. The maximum atomic E-state index is 13.8. The van der Waals surface area contributed by atoms with Crippen molar-refractivity contribution in [1.82, 2.24) is 9.80 Å². The Morgan fingerprint density at radius 2 is 1.69 bits per heavy atom. The Labute approximate surface area is 273 Å². The second-order valence-corrected chi connectivity index (χ2v) is 11.6. The molecule has 0 spiro atoms. The SMILES string of the molecule is CCOc1ccc(NC(=O)CC2C(=O)N(c3ccc(OC)c(Cl)c3)C(=S)N2CCCN2CCN(c3ccc(F)cc3)CC2)cc1. The van der Waals surface area contributed by atoms with Gasteiger partial charge in [-0.2, -0.15) is 0 Å². The molecule has 2 amide bonds. The molecule has 0 bridgehead atoms. The minimum atomic E-state index is -0.767. The van der Waals surface area contributed by atoms with Crippen molar-refractivity contribution < 1.29 is 23.5 Å². The van der Waals surface area contributed by atoms with Crippen LogP contribution in [0, 0.1) is 5.82 Å². The molecule has 1 unspecified atom stereocenters. The van der Waals surface area contributed by atoms with Gasteiger partial charge in [0, 0.05) is 44.1 Å². The standard InChI is InChI=1S/C33H37ClFN5O4S/c1-3-44-27-12-7-24(8-13-27)36-31(41)22-29-32(42)40(26-11-14-30(43-2)28(34)21-26)33(45)39(29)16-4-15-37-17-19-38(20-18-37)25-9-5-23(35)6-10-25/h5-14,21,29H,3-4,15-20,22H2,1-2H3,(H,36,41). The number of nitrogens with one attached hydrogen (secondary N) is 1. The number of rotatable bonds is 12. The lowest BCUT2D eigenvalue weighted by Crippen LogP contribution is -2.47. The molecular weight excluding hydrogens is 617 g/mol. The van der Waals surface area contributed by atoms with E-state index in [1.54, 1.807) is 42.5 Å². The van der Waals surface area contributed by atoms with Gasteiger partial charge < -0.3 is 24.6 Å². The Balaban J connectivity index is 1.24. The molecule has 12 heteroatoms. The molecule has 0 aromatic heterocycles. The average molecular weight is 654 g/mol. The van der Waals surface area contributed by atoms with Gasteiger partial charge >= 0.3 is 0 Å². The van der Waals surface area contributed by atoms with Crippen molar-refractivity contribution in [3.8, 4) is 11.5 Å². The molecule has 9 nitrogen and oxygen atoms in total. The minimum absolute atomic E-state index is 0.0666. The number of anilines is 3. The van der Waals surface area contributed by atoms with Crippen molar-refractivity contribution >= 4 is 57.8 Å². The van der Waals surface area contributed by atoms with E-state index in [-0.39, 0.29) is 24.1 Å². The molecular formula is C33H37ClFN5O4S. The van der Waals surface area contributed by atoms with Crippen molar-refractivity contribution in [2.75, 3.05) is 68.1 Å². The fraction of sp³-hybridized carbons (Fsp3) is 0.364. The van der Waals surface area contributed by atoms with Crippen LogP contribution in [0.3, 0.4) is 0 Å². The van der Waals surface area contributed by atoms with E-state index in [1.165, 1.54) is 24.1 Å². The maximum Gasteiger partial charge on any atom is 0.256 e. The maximum absolute atomic E-state index is 13.8. The van der Waals surface area contributed by atoms with Gasteiger partial charge in [-0.3, -0.25) is 19.4 Å². The molecule has 0 saturated carbocycles. The van der Waals surface area contributed by atoms with E-state index >= 15 is 0 Å². The number of nitrogens with zero attached hydrogens (tertiary/aromatic N) is 4. The number of piperazine rings is 1. The Hall–Kier alpha value is -3.93. The van der Waals surface area contributed by atoms with E-state index in [2.05, 4.69) is 15.1 Å². The molecule has 45 heavy (non-hydrogen) atoms. The van der Waals surface area contributed by atoms with Crippen LogP contribution in [0.1, 0.15) is 19.8 Å². The third-order valence-electron chi connectivity index (χ3n) is 7.98. The van der Waals surface area contributed by atoms with Gasteiger partial charge in [0.15, 0.2) is 5.11 Å². The van der Waals surface area contributed by atoms with Gasteiger partial charge in [0.05, 0.1) is 30.8 Å². The summed E-state index contributed by atoms with van der Waals surface area (Å²) in [6.07, 6.45) is 0.682. The quantitative estimate of drug-likeness (QED) is 0.260. The van der Waals surface area contributed by atoms with E-state index < -0.39 is 6.04 Å². The van der Waals surface area contributed by atoms with E-state index in [4.69, 9.17) is 33.3 Å². The van der Waals surface area contributed by atoms with Crippen molar-refractivity contribution in [1.29, 1.82) is 0 Å². The summed E-state index contributed by atoms with van der Waals surface area (Å²) in [6.45, 7) is 7.18. The number of thiocarbonyl (C=S) groups is 1. The molecule has 0 aliphatic carbocycles. The van der Waals surface area contributed by atoms with E-state index in [1.807, 2.05) is 24.0 Å². The van der Waals surface area contributed by atoms with Crippen LogP contribution in [0.15, 0.2) is 66.7 Å². The van der Waals surface area contributed by atoms with Gasteiger partial charge in [0.25, 0.3) is 5.91 Å². The Morgan fingerprint density at radius 1 is 1.00 bits per heavy atom. The Kier molecular flexibility index (Phi) is 10.7. The van der Waals surface area contributed by atoms with Crippen LogP contribution < -0.4 is 24.6 Å². The Morgan fingerprint density at radius 3 is 2.33 bits per heavy atom. The highest BCUT2D eigenvalue weighted by Crippen LogP contribution is 2.33. The van der Waals surface area contributed by atoms with Gasteiger partial charge in [-0.15, -0.1) is 0 Å². The molecule has 2 heterocycles. The average Bonchev–Trinajstić information content (AvgIpc) is 3.26. The predicted octanol–water partition coefficient (Wildman–Crippen LogP) is 5.43. The molecule has 5 rings (SSSR count). The molecule has 238 valence electrons. The van der Waals surface area contributed by atoms with Crippen LogP contribution in [0.5, 0.6) is 11.5 Å². The summed E-state index contributed by atoms with van der Waals surface area (Å²) in [4.78, 5) is 35.0. The summed E-state index contributed by atoms with van der Waals surface area (Å²) in [5.41, 5.74) is 2.15. The van der Waals surface area contributed by atoms with Gasteiger partial charge in [-0.1, -0.05) is 11.6 Å². The minimum Gasteiger partial charge on any atom is -0.495 e. The number of ether oxygens (including phenoxy) is 2. The second kappa shape index (κ2) is 14.9. The van der Waals surface area contributed by atoms with E-state index in [0.29, 0.717) is 46.2 Å². The number of carbonyl (C=O) groups is 2. The highest BCUT2D eigenvalue weighted by Gasteiger charge is 2.44. The first-order valence-corrected chi connectivity index (χ1v) is 15.8. The molecule has 2 fully saturated rings. The number of hydrogen-bond acceptors (Lipinski definition) is 7. The molecule has 1 atom stereocenters. The Bertz CT molecular complexity index is 1500. The summed E-state index contributed by atoms with van der Waals surface area (Å²) in [5.74, 6) is 0.383. The zero-order chi connectivity index (χ0) is 31.9. The molecule has 2 aliphatic rings. The zero-order valence-electron chi connectivity index (χ0n) is 25.4. The van der Waals surface area contributed by atoms with Gasteiger partial charge in [0.1, 0.15) is 23.4 Å². The smallest absolute Gasteiger partial charge is 0.256 e. The number of hydrogen-bond donors (Lipinski definition) is 1. The van der Waals surface area contributed by atoms with Crippen LogP contribution in [-0.4, -0.2) is 85.8 Å². The highest BCUT2D eigenvalue weighted by molar-refractivity contribution is 7.80. The van der Waals surface area contributed by atoms with E-state index in [9.17, 15) is 14.0 Å². The third kappa shape index (κ3) is 7.84. The lowest BCUT2D eigenvalue weighted by molar-refractivity contribution is -0.124. The highest BCUT2D eigenvalue weighted by atomic mass is 35.5. The molecule has 2 saturated heterocycles. The van der Waals surface area contributed by atoms with Crippen LogP contribution in [-0.2, 0) is 9.59 Å². The lowest BCUT2D eigenvalue weighted by Gasteiger charge is -2.36. The monoisotopic (exact) mass is 653 g/mol. The van der Waals surface area contributed by atoms with Gasteiger partial charge in [-0.25, -0.2) is 4.39 Å². The summed E-state index contributed by atoms with van der Waals surface area (Å²) >= 11 is 12.2. The molecule has 2 aliphatic heterocycles. The lowest BCUT2D eigenvalue weighted by atomic mass is 10.1. The molecule has 3 aromatic rings. The summed E-state index contributed by atoms with van der Waals surface area (Å²) in [5, 5.41) is 3.58. The third-order valence-corrected chi connectivity index (χ3v) is 8.69. The number of amides is 2. The molecule has 0 radical (unpaired) electrons. The number of methoxy groups -OCH3 is 1. The molecule has 1 N–H and O–H groups in total. The fourth-order valence-corrected chi connectivity index (χ4v) is 6.32. The van der Waals surface area contributed by atoms with Crippen LogP contribution >= 0.6 is 23.8 Å². The second-order valence-electron chi connectivity index (χ2n) is 10.9.